The predicted molar refractivity (Wildman–Crippen MR) is 119 cm³/mol. The molecule has 3 rings (SSSR count). The smallest absolute Gasteiger partial charge is 0.341 e. The van der Waals surface area contributed by atoms with Crippen molar-refractivity contribution in [3.05, 3.63) is 49.8 Å². The molecule has 0 bridgehead atoms. The van der Waals surface area contributed by atoms with Crippen LogP contribution in [0.3, 0.4) is 0 Å². The minimum atomic E-state index is -0.346. The number of carbonyl (C=O) groups excluding carboxylic acids is 2. The number of esters is 1. The maximum Gasteiger partial charge on any atom is 0.341 e. The molecular formula is C20H21BrN2O3S2. The third-order valence-electron chi connectivity index (χ3n) is 4.54. The molecule has 0 saturated carbocycles. The van der Waals surface area contributed by atoms with Crippen LogP contribution in [0, 0.1) is 6.92 Å². The first-order valence-corrected chi connectivity index (χ1v) is 11.1. The average molecular weight is 481 g/mol. The summed E-state index contributed by atoms with van der Waals surface area (Å²) < 4.78 is 6.10. The number of thiocarbonyl (C=S) groups is 1. The summed E-state index contributed by atoms with van der Waals surface area (Å²) in [6.45, 7) is 4.05. The van der Waals surface area contributed by atoms with Gasteiger partial charge in [0.2, 0.25) is 0 Å². The van der Waals surface area contributed by atoms with E-state index in [2.05, 4.69) is 26.6 Å². The molecule has 1 amide bonds. The summed E-state index contributed by atoms with van der Waals surface area (Å²) in [6, 6.07) is 5.36. The van der Waals surface area contributed by atoms with Crippen molar-refractivity contribution in [3.8, 4) is 0 Å². The molecule has 0 spiro atoms. The minimum Gasteiger partial charge on any atom is -0.462 e. The topological polar surface area (TPSA) is 67.4 Å². The monoisotopic (exact) mass is 480 g/mol. The highest BCUT2D eigenvalue weighted by Gasteiger charge is 2.27. The van der Waals surface area contributed by atoms with Crippen molar-refractivity contribution >= 4 is 61.5 Å². The van der Waals surface area contributed by atoms with Gasteiger partial charge in [0.05, 0.1) is 12.2 Å². The van der Waals surface area contributed by atoms with Gasteiger partial charge in [0, 0.05) is 14.9 Å². The van der Waals surface area contributed by atoms with Crippen molar-refractivity contribution in [2.24, 2.45) is 0 Å². The number of benzene rings is 1. The average Bonchev–Trinajstić information content (AvgIpc) is 3.01. The second kappa shape index (κ2) is 9.15. The van der Waals surface area contributed by atoms with Gasteiger partial charge in [0.15, 0.2) is 5.11 Å². The van der Waals surface area contributed by atoms with Crippen molar-refractivity contribution in [3.63, 3.8) is 0 Å². The van der Waals surface area contributed by atoms with Crippen molar-refractivity contribution < 1.29 is 14.3 Å². The molecule has 148 valence electrons. The standard InChI is InChI=1S/C20H21BrN2O3S2/c1-3-26-19(25)16-13-6-4-5-7-15(13)28-18(16)23-20(27)22-17(24)12-9-8-11(2)14(21)10-12/h8-10H,3-7H2,1-2H3,(H2,22,23,24,27). The highest BCUT2D eigenvalue weighted by Crippen LogP contribution is 2.38. The fourth-order valence-corrected chi connectivity index (χ4v) is 5.04. The molecule has 1 aromatic heterocycles. The van der Waals surface area contributed by atoms with Crippen LogP contribution in [0.5, 0.6) is 0 Å². The van der Waals surface area contributed by atoms with Crippen LogP contribution < -0.4 is 10.6 Å². The van der Waals surface area contributed by atoms with E-state index < -0.39 is 0 Å². The molecule has 8 heteroatoms. The molecule has 1 aliphatic carbocycles. The van der Waals surface area contributed by atoms with E-state index in [0.29, 0.717) is 22.7 Å². The van der Waals surface area contributed by atoms with E-state index in [0.717, 1.165) is 41.3 Å². The van der Waals surface area contributed by atoms with E-state index in [9.17, 15) is 9.59 Å². The lowest BCUT2D eigenvalue weighted by atomic mass is 9.95. The molecule has 1 heterocycles. The fourth-order valence-electron chi connectivity index (χ4n) is 3.12. The van der Waals surface area contributed by atoms with E-state index in [-0.39, 0.29) is 17.0 Å². The number of amides is 1. The Labute approximate surface area is 182 Å². The van der Waals surface area contributed by atoms with E-state index in [1.54, 1.807) is 19.1 Å². The maximum absolute atomic E-state index is 12.5. The number of hydrogen-bond acceptors (Lipinski definition) is 5. The number of rotatable bonds is 4. The zero-order valence-corrected chi connectivity index (χ0v) is 18.9. The quantitative estimate of drug-likeness (QED) is 0.475. The van der Waals surface area contributed by atoms with Crippen molar-refractivity contribution in [2.45, 2.75) is 39.5 Å². The maximum atomic E-state index is 12.5. The van der Waals surface area contributed by atoms with E-state index >= 15 is 0 Å². The molecule has 0 atom stereocenters. The van der Waals surface area contributed by atoms with Crippen LogP contribution in [0.4, 0.5) is 5.00 Å². The van der Waals surface area contributed by atoms with Crippen LogP contribution in [-0.4, -0.2) is 23.6 Å². The summed E-state index contributed by atoms with van der Waals surface area (Å²) in [5, 5.41) is 6.52. The van der Waals surface area contributed by atoms with Gasteiger partial charge in [0.1, 0.15) is 5.00 Å². The minimum absolute atomic E-state index is 0.158. The molecule has 1 aromatic carbocycles. The lowest BCUT2D eigenvalue weighted by Crippen LogP contribution is -2.34. The van der Waals surface area contributed by atoms with Crippen LogP contribution >= 0.6 is 39.5 Å². The number of halogens is 1. The third-order valence-corrected chi connectivity index (χ3v) is 6.80. The number of ether oxygens (including phenoxy) is 1. The third kappa shape index (κ3) is 4.61. The second-order valence-electron chi connectivity index (χ2n) is 6.51. The predicted octanol–water partition coefficient (Wildman–Crippen LogP) is 5.00. The second-order valence-corrected chi connectivity index (χ2v) is 8.88. The summed E-state index contributed by atoms with van der Waals surface area (Å²) in [5.41, 5.74) is 3.14. The molecule has 2 aromatic rings. The molecule has 5 nitrogen and oxygen atoms in total. The van der Waals surface area contributed by atoms with Gasteiger partial charge in [0.25, 0.3) is 5.91 Å². The van der Waals surface area contributed by atoms with Crippen LogP contribution in [0.25, 0.3) is 0 Å². The Morgan fingerprint density at radius 2 is 2.04 bits per heavy atom. The lowest BCUT2D eigenvalue weighted by molar-refractivity contribution is 0.0526. The molecule has 0 saturated heterocycles. The molecular weight excluding hydrogens is 460 g/mol. The van der Waals surface area contributed by atoms with Crippen molar-refractivity contribution in [1.82, 2.24) is 5.32 Å². The Morgan fingerprint density at radius 3 is 2.75 bits per heavy atom. The Balaban J connectivity index is 1.78. The van der Waals surface area contributed by atoms with Crippen LogP contribution in [-0.2, 0) is 17.6 Å². The number of nitrogens with one attached hydrogen (secondary N) is 2. The molecule has 0 radical (unpaired) electrons. The molecule has 0 unspecified atom stereocenters. The van der Waals surface area contributed by atoms with Gasteiger partial charge < -0.3 is 10.1 Å². The number of fused-ring (bicyclic) bond motifs is 1. The SMILES string of the molecule is CCOC(=O)c1c(NC(=S)NC(=O)c2ccc(C)c(Br)c2)sc2c1CCCC2. The first-order valence-electron chi connectivity index (χ1n) is 9.10. The normalized spacial score (nSPS) is 12.8. The first-order chi connectivity index (χ1) is 13.4. The highest BCUT2D eigenvalue weighted by atomic mass is 79.9. The Kier molecular flexibility index (Phi) is 6.85. The largest absolute Gasteiger partial charge is 0.462 e. The zero-order chi connectivity index (χ0) is 20.3. The molecule has 2 N–H and O–H groups in total. The Morgan fingerprint density at radius 1 is 1.29 bits per heavy atom. The summed E-state index contributed by atoms with van der Waals surface area (Å²) in [4.78, 5) is 26.2. The van der Waals surface area contributed by atoms with Crippen LogP contribution in [0.1, 0.15) is 56.5 Å². The number of hydrogen-bond donors (Lipinski definition) is 2. The number of thiophene rings is 1. The van der Waals surface area contributed by atoms with Crippen molar-refractivity contribution in [1.29, 1.82) is 0 Å². The summed E-state index contributed by atoms with van der Waals surface area (Å²) in [6.07, 6.45) is 3.97. The molecule has 28 heavy (non-hydrogen) atoms. The van der Waals surface area contributed by atoms with Gasteiger partial charge in [-0.25, -0.2) is 4.79 Å². The van der Waals surface area contributed by atoms with E-state index in [1.807, 2.05) is 13.0 Å². The Hall–Kier alpha value is -1.77. The van der Waals surface area contributed by atoms with Gasteiger partial charge in [-0.15, -0.1) is 11.3 Å². The first kappa shape index (κ1) is 21.0. The van der Waals surface area contributed by atoms with E-state index in [4.69, 9.17) is 17.0 Å². The highest BCUT2D eigenvalue weighted by molar-refractivity contribution is 9.10. The lowest BCUT2D eigenvalue weighted by Gasteiger charge is -2.13. The van der Waals surface area contributed by atoms with Crippen LogP contribution in [0.15, 0.2) is 22.7 Å². The molecule has 0 aliphatic heterocycles. The molecule has 0 fully saturated rings. The number of carbonyl (C=O) groups is 2. The summed E-state index contributed by atoms with van der Waals surface area (Å²) in [7, 11) is 0. The van der Waals surface area contributed by atoms with Gasteiger partial charge in [-0.2, -0.15) is 0 Å². The number of anilines is 1. The summed E-state index contributed by atoms with van der Waals surface area (Å²) in [5.74, 6) is -0.654. The summed E-state index contributed by atoms with van der Waals surface area (Å²) >= 11 is 10.3. The van der Waals surface area contributed by atoms with Gasteiger partial charge in [-0.1, -0.05) is 22.0 Å². The van der Waals surface area contributed by atoms with Crippen molar-refractivity contribution in [2.75, 3.05) is 11.9 Å². The number of aryl methyl sites for hydroxylation is 2. The zero-order valence-electron chi connectivity index (χ0n) is 15.7. The van der Waals surface area contributed by atoms with Gasteiger partial charge >= 0.3 is 5.97 Å². The Bertz CT molecular complexity index is 940. The molecule has 1 aliphatic rings. The van der Waals surface area contributed by atoms with E-state index in [1.165, 1.54) is 16.2 Å². The van der Waals surface area contributed by atoms with Crippen LogP contribution in [0.2, 0.25) is 0 Å². The van der Waals surface area contributed by atoms with Gasteiger partial charge in [-0.3, -0.25) is 10.1 Å². The van der Waals surface area contributed by atoms with Gasteiger partial charge in [-0.05, 0) is 75.0 Å². The fraction of sp³-hybridized carbons (Fsp3) is 0.350.